The topological polar surface area (TPSA) is 155 Å². The van der Waals surface area contributed by atoms with Gasteiger partial charge in [0.2, 0.25) is 0 Å². The van der Waals surface area contributed by atoms with Gasteiger partial charge in [0.05, 0.1) is 24.2 Å². The molecule has 5 N–H and O–H groups in total. The maximum absolute atomic E-state index is 13.4. The van der Waals surface area contributed by atoms with E-state index < -0.39 is 73.1 Å². The van der Waals surface area contributed by atoms with Crippen molar-refractivity contribution in [3.05, 3.63) is 12.2 Å². The summed E-state index contributed by atoms with van der Waals surface area (Å²) in [6.45, 7) is 9.33. The molecule has 6 unspecified atom stereocenters. The highest BCUT2D eigenvalue weighted by Crippen LogP contribution is 2.32. The van der Waals surface area contributed by atoms with Gasteiger partial charge in [-0.05, 0) is 52.4 Å². The number of rotatable bonds is 19. The Hall–Kier alpha value is -1.11. The second-order valence-electron chi connectivity index (χ2n) is 12.4. The molecule has 0 aliphatic carbocycles. The molecular formula is C33H60O10. The summed E-state index contributed by atoms with van der Waals surface area (Å²) in [6, 6.07) is 0. The van der Waals surface area contributed by atoms with Gasteiger partial charge in [-0.1, -0.05) is 77.9 Å². The molecule has 0 bridgehead atoms. The van der Waals surface area contributed by atoms with Crippen LogP contribution in [0.2, 0.25) is 0 Å². The maximum atomic E-state index is 13.4. The number of aliphatic hydroxyl groups excluding tert-OH is 5. The second-order valence-corrected chi connectivity index (χ2v) is 12.4. The number of hydrogen-bond acceptors (Lipinski definition) is 10. The molecule has 0 aromatic carbocycles. The summed E-state index contributed by atoms with van der Waals surface area (Å²) in [5.74, 6) is -0.924. The van der Waals surface area contributed by atoms with E-state index in [-0.39, 0.29) is 6.10 Å². The number of carbonyl (C=O) groups is 1. The summed E-state index contributed by atoms with van der Waals surface area (Å²) in [6.07, 6.45) is 4.40. The van der Waals surface area contributed by atoms with Crippen molar-refractivity contribution in [2.24, 2.45) is 5.92 Å². The number of ether oxygens (including phenoxy) is 4. The number of esters is 1. The van der Waals surface area contributed by atoms with E-state index in [1.54, 1.807) is 6.92 Å². The Kier molecular flexibility index (Phi) is 17.8. The van der Waals surface area contributed by atoms with Gasteiger partial charge in [0.1, 0.15) is 36.6 Å². The summed E-state index contributed by atoms with van der Waals surface area (Å²) in [5.41, 5.74) is 0. The van der Waals surface area contributed by atoms with Crippen LogP contribution in [0.5, 0.6) is 0 Å². The minimum Gasteiger partial charge on any atom is -0.456 e. The molecule has 252 valence electrons. The Bertz CT molecular complexity index is 790. The number of aliphatic hydroxyl groups is 5. The van der Waals surface area contributed by atoms with Gasteiger partial charge >= 0.3 is 5.97 Å². The summed E-state index contributed by atoms with van der Waals surface area (Å²) in [7, 11) is 0. The standard InChI is InChI=1S/C33H60O10/c1-6-9-10-16-19-23(20-17-14-12-11-13-15-18-21(4)34)32(39)42-31-25(8-3)41-33(29(38)28(31)37)43-30-22(5)40-24(7-2)26(35)27(30)36/h17,20-31,33-38H,6-16,18-19H2,1-5H3/b20-17-/t21?,22-,23?,24?,25?,26-,27+,28-,29?,30?,31-,33+/m1/s1. The highest BCUT2D eigenvalue weighted by molar-refractivity contribution is 5.74. The first kappa shape index (κ1) is 38.1. The van der Waals surface area contributed by atoms with Crippen LogP contribution in [0.15, 0.2) is 12.2 Å². The van der Waals surface area contributed by atoms with Gasteiger partial charge in [0.15, 0.2) is 12.4 Å². The fourth-order valence-corrected chi connectivity index (χ4v) is 5.92. The average Bonchev–Trinajstić information content (AvgIpc) is 2.98. The van der Waals surface area contributed by atoms with E-state index in [9.17, 15) is 30.3 Å². The number of unbranched alkanes of at least 4 members (excludes halogenated alkanes) is 7. The Morgan fingerprint density at radius 3 is 2.07 bits per heavy atom. The monoisotopic (exact) mass is 616 g/mol. The van der Waals surface area contributed by atoms with Gasteiger partial charge in [-0.25, -0.2) is 0 Å². The number of carbonyl (C=O) groups excluding carboxylic acids is 1. The van der Waals surface area contributed by atoms with Gasteiger partial charge in [-0.2, -0.15) is 0 Å². The lowest BCUT2D eigenvalue weighted by Gasteiger charge is -2.46. The van der Waals surface area contributed by atoms with Gasteiger partial charge in [0.25, 0.3) is 0 Å². The molecule has 10 nitrogen and oxygen atoms in total. The van der Waals surface area contributed by atoms with Crippen molar-refractivity contribution in [2.75, 3.05) is 0 Å². The highest BCUT2D eigenvalue weighted by Gasteiger charge is 2.50. The molecule has 0 spiro atoms. The smallest absolute Gasteiger partial charge is 0.313 e. The minimum atomic E-state index is -1.55. The van der Waals surface area contributed by atoms with Crippen LogP contribution in [-0.2, 0) is 23.7 Å². The van der Waals surface area contributed by atoms with Crippen LogP contribution in [-0.4, -0.2) is 98.8 Å². The van der Waals surface area contributed by atoms with Crippen LogP contribution in [0, 0.1) is 5.92 Å². The molecule has 2 fully saturated rings. The molecule has 43 heavy (non-hydrogen) atoms. The van der Waals surface area contributed by atoms with Crippen molar-refractivity contribution < 1.29 is 49.3 Å². The predicted octanol–water partition coefficient (Wildman–Crippen LogP) is 3.92. The lowest BCUT2D eigenvalue weighted by Crippen LogP contribution is -2.63. The molecule has 0 radical (unpaired) electrons. The zero-order valence-electron chi connectivity index (χ0n) is 27.1. The maximum Gasteiger partial charge on any atom is 0.313 e. The van der Waals surface area contributed by atoms with Crippen molar-refractivity contribution in [1.29, 1.82) is 0 Å². The van der Waals surface area contributed by atoms with Crippen molar-refractivity contribution in [3.63, 3.8) is 0 Å². The minimum absolute atomic E-state index is 0.259. The van der Waals surface area contributed by atoms with Crippen molar-refractivity contribution >= 4 is 5.97 Å². The van der Waals surface area contributed by atoms with Crippen LogP contribution in [0.4, 0.5) is 0 Å². The van der Waals surface area contributed by atoms with E-state index in [1.807, 2.05) is 32.9 Å². The summed E-state index contributed by atoms with van der Waals surface area (Å²) in [5, 5.41) is 52.5. The molecular weight excluding hydrogens is 556 g/mol. The SMILES string of the molecule is CCCCCCC(/C=C\CCCCCCC(C)O)C(=O)O[C@@H]1C(CC)O[C@@H](OC2[C@@H](O)[C@H](O)C(CC)O[C@@H]2C)C(O)[C@H]1O. The molecule has 0 amide bonds. The van der Waals surface area contributed by atoms with E-state index in [0.29, 0.717) is 19.3 Å². The lowest BCUT2D eigenvalue weighted by atomic mass is 9.93. The highest BCUT2D eigenvalue weighted by atomic mass is 16.7. The van der Waals surface area contributed by atoms with Gasteiger partial charge in [-0.15, -0.1) is 0 Å². The lowest BCUT2D eigenvalue weighted by molar-refractivity contribution is -0.337. The summed E-state index contributed by atoms with van der Waals surface area (Å²) >= 11 is 0. The van der Waals surface area contributed by atoms with E-state index in [0.717, 1.165) is 64.2 Å². The third-order valence-corrected chi connectivity index (χ3v) is 8.69. The van der Waals surface area contributed by atoms with Crippen LogP contribution in [0.1, 0.15) is 118 Å². The first-order valence-corrected chi connectivity index (χ1v) is 16.8. The van der Waals surface area contributed by atoms with Gasteiger partial charge in [0, 0.05) is 0 Å². The molecule has 2 saturated heterocycles. The summed E-state index contributed by atoms with van der Waals surface area (Å²) in [4.78, 5) is 13.4. The number of hydrogen-bond donors (Lipinski definition) is 5. The number of allylic oxidation sites excluding steroid dienone is 1. The Labute approximate surface area is 258 Å². The quantitative estimate of drug-likeness (QED) is 0.0819. The van der Waals surface area contributed by atoms with Crippen LogP contribution >= 0.6 is 0 Å². The molecule has 2 aliphatic rings. The first-order valence-electron chi connectivity index (χ1n) is 16.8. The normalized spacial score (nSPS) is 34.7. The van der Waals surface area contributed by atoms with E-state index in [1.165, 1.54) is 0 Å². The van der Waals surface area contributed by atoms with Crippen molar-refractivity contribution in [3.8, 4) is 0 Å². The molecule has 0 aromatic heterocycles. The predicted molar refractivity (Wildman–Crippen MR) is 163 cm³/mol. The van der Waals surface area contributed by atoms with Crippen molar-refractivity contribution in [2.45, 2.75) is 185 Å². The second kappa shape index (κ2) is 20.1. The largest absolute Gasteiger partial charge is 0.456 e. The fraction of sp³-hybridized carbons (Fsp3) is 0.909. The Balaban J connectivity index is 2.01. The van der Waals surface area contributed by atoms with Crippen LogP contribution in [0.25, 0.3) is 0 Å². The third-order valence-electron chi connectivity index (χ3n) is 8.69. The van der Waals surface area contributed by atoms with E-state index in [4.69, 9.17) is 18.9 Å². The van der Waals surface area contributed by atoms with Gasteiger partial charge < -0.3 is 44.5 Å². The van der Waals surface area contributed by atoms with Gasteiger partial charge in [-0.3, -0.25) is 4.79 Å². The molecule has 2 aliphatic heterocycles. The molecule has 0 saturated carbocycles. The Morgan fingerprint density at radius 1 is 0.791 bits per heavy atom. The first-order chi connectivity index (χ1) is 20.5. The Morgan fingerprint density at radius 2 is 1.42 bits per heavy atom. The molecule has 2 rings (SSSR count). The third kappa shape index (κ3) is 12.0. The van der Waals surface area contributed by atoms with E-state index in [2.05, 4.69) is 6.92 Å². The molecule has 0 aromatic rings. The molecule has 10 heteroatoms. The zero-order valence-corrected chi connectivity index (χ0v) is 27.1. The van der Waals surface area contributed by atoms with Crippen molar-refractivity contribution in [1.82, 2.24) is 0 Å². The van der Waals surface area contributed by atoms with Crippen LogP contribution in [0.3, 0.4) is 0 Å². The summed E-state index contributed by atoms with van der Waals surface area (Å²) < 4.78 is 23.5. The molecule has 12 atom stereocenters. The fourth-order valence-electron chi connectivity index (χ4n) is 5.92. The van der Waals surface area contributed by atoms with E-state index >= 15 is 0 Å². The van der Waals surface area contributed by atoms with Crippen LogP contribution < -0.4 is 0 Å². The molecule has 2 heterocycles. The zero-order chi connectivity index (χ0) is 31.9. The average molecular weight is 617 g/mol.